The van der Waals surface area contributed by atoms with E-state index < -0.39 is 0 Å². The zero-order valence-electron chi connectivity index (χ0n) is 11.3. The molecule has 3 aromatic rings. The molecule has 6 heteroatoms. The molecule has 0 fully saturated rings. The Labute approximate surface area is 136 Å². The Kier molecular flexibility index (Phi) is 4.37. The maximum absolute atomic E-state index is 11.7. The number of benzene rings is 1. The first kappa shape index (κ1) is 14.6. The van der Waals surface area contributed by atoms with Crippen LogP contribution in [0.2, 0.25) is 5.02 Å². The molecule has 0 aliphatic heterocycles. The van der Waals surface area contributed by atoms with Crippen LogP contribution in [0.4, 0.5) is 0 Å². The maximum Gasteiger partial charge on any atom is 0.281 e. The van der Waals surface area contributed by atoms with E-state index in [2.05, 4.69) is 10.5 Å². The molecule has 2 aromatic heterocycles. The number of rotatable bonds is 4. The van der Waals surface area contributed by atoms with Crippen LogP contribution in [-0.2, 0) is 0 Å². The van der Waals surface area contributed by atoms with Crippen LogP contribution in [0.25, 0.3) is 11.3 Å². The summed E-state index contributed by atoms with van der Waals surface area (Å²) in [4.78, 5) is 12.3. The molecule has 3 rings (SSSR count). The molecule has 2 heterocycles. The molecule has 0 saturated carbocycles. The summed E-state index contributed by atoms with van der Waals surface area (Å²) in [5, 5.41) is 6.40. The summed E-state index contributed by atoms with van der Waals surface area (Å²) in [6.07, 6.45) is 1.46. The van der Waals surface area contributed by atoms with E-state index >= 15 is 0 Å². The first-order valence-corrected chi connectivity index (χ1v) is 7.71. The van der Waals surface area contributed by atoms with Crippen LogP contribution in [0.1, 0.15) is 15.4 Å². The summed E-state index contributed by atoms with van der Waals surface area (Å²) in [6.45, 7) is 0. The number of amides is 1. The summed E-state index contributed by atoms with van der Waals surface area (Å²) in [7, 11) is 0. The first-order chi connectivity index (χ1) is 10.7. The number of halogens is 1. The van der Waals surface area contributed by atoms with Crippen molar-refractivity contribution in [1.82, 2.24) is 5.43 Å². The van der Waals surface area contributed by atoms with Crippen molar-refractivity contribution in [1.29, 1.82) is 0 Å². The largest absolute Gasteiger partial charge is 0.455 e. The fourth-order valence-electron chi connectivity index (χ4n) is 1.81. The number of carbonyl (C=O) groups is 1. The normalized spacial score (nSPS) is 11.0. The Morgan fingerprint density at radius 1 is 1.18 bits per heavy atom. The van der Waals surface area contributed by atoms with Crippen molar-refractivity contribution in [3.05, 3.63) is 69.6 Å². The monoisotopic (exact) mass is 330 g/mol. The maximum atomic E-state index is 11.7. The lowest BCUT2D eigenvalue weighted by atomic mass is 10.2. The van der Waals surface area contributed by atoms with E-state index in [1.54, 1.807) is 24.3 Å². The summed E-state index contributed by atoms with van der Waals surface area (Å²) in [6, 6.07) is 14.5. The van der Waals surface area contributed by atoms with Crippen molar-refractivity contribution in [2.45, 2.75) is 0 Å². The summed E-state index contributed by atoms with van der Waals surface area (Å²) >= 11 is 7.21. The third-order valence-electron chi connectivity index (χ3n) is 2.86. The molecule has 110 valence electrons. The van der Waals surface area contributed by atoms with Crippen molar-refractivity contribution in [3.63, 3.8) is 0 Å². The minimum Gasteiger partial charge on any atom is -0.455 e. The lowest BCUT2D eigenvalue weighted by Gasteiger charge is -1.96. The standard InChI is InChI=1S/C16H11ClN2O2S/c17-12-5-3-11(4-6-12)14-8-7-13(21-14)10-18-19-16(20)15-2-1-9-22-15/h1-10H,(H,19,20)/b18-10-. The smallest absolute Gasteiger partial charge is 0.281 e. The zero-order valence-corrected chi connectivity index (χ0v) is 12.9. The van der Waals surface area contributed by atoms with E-state index in [1.165, 1.54) is 17.6 Å². The summed E-state index contributed by atoms with van der Waals surface area (Å²) in [5.74, 6) is 1.02. The number of hydrogen-bond acceptors (Lipinski definition) is 4. The first-order valence-electron chi connectivity index (χ1n) is 6.45. The van der Waals surface area contributed by atoms with Crippen LogP contribution in [0.3, 0.4) is 0 Å². The van der Waals surface area contributed by atoms with Gasteiger partial charge in [0.25, 0.3) is 5.91 Å². The van der Waals surface area contributed by atoms with Crippen molar-refractivity contribution in [2.75, 3.05) is 0 Å². The number of nitrogens with zero attached hydrogens (tertiary/aromatic N) is 1. The highest BCUT2D eigenvalue weighted by Gasteiger charge is 2.05. The van der Waals surface area contributed by atoms with Crippen LogP contribution < -0.4 is 5.43 Å². The third-order valence-corrected chi connectivity index (χ3v) is 3.98. The highest BCUT2D eigenvalue weighted by atomic mass is 35.5. The van der Waals surface area contributed by atoms with Gasteiger partial charge in [-0.15, -0.1) is 11.3 Å². The zero-order chi connectivity index (χ0) is 15.4. The Morgan fingerprint density at radius 2 is 2.00 bits per heavy atom. The molecule has 0 saturated heterocycles. The van der Waals surface area contributed by atoms with Crippen LogP contribution in [-0.4, -0.2) is 12.1 Å². The lowest BCUT2D eigenvalue weighted by molar-refractivity contribution is 0.0959. The Bertz CT molecular complexity index is 792. The van der Waals surface area contributed by atoms with E-state index in [1.807, 2.05) is 29.6 Å². The van der Waals surface area contributed by atoms with Gasteiger partial charge in [0.1, 0.15) is 11.5 Å². The SMILES string of the molecule is O=C(N/N=C\c1ccc(-c2ccc(Cl)cc2)o1)c1cccs1. The molecule has 1 aromatic carbocycles. The van der Waals surface area contributed by atoms with Gasteiger partial charge >= 0.3 is 0 Å². The lowest BCUT2D eigenvalue weighted by Crippen LogP contribution is -2.15. The average molecular weight is 331 g/mol. The van der Waals surface area contributed by atoms with Gasteiger partial charge in [0.05, 0.1) is 11.1 Å². The van der Waals surface area contributed by atoms with Crippen molar-refractivity contribution >= 4 is 35.1 Å². The van der Waals surface area contributed by atoms with Crippen LogP contribution in [0.15, 0.2) is 63.4 Å². The molecule has 0 unspecified atom stereocenters. The summed E-state index contributed by atoms with van der Waals surface area (Å²) in [5.41, 5.74) is 3.38. The predicted molar refractivity (Wildman–Crippen MR) is 88.5 cm³/mol. The highest BCUT2D eigenvalue weighted by Crippen LogP contribution is 2.23. The second kappa shape index (κ2) is 6.60. The van der Waals surface area contributed by atoms with E-state index in [-0.39, 0.29) is 5.91 Å². The van der Waals surface area contributed by atoms with Gasteiger partial charge in [0.15, 0.2) is 0 Å². The van der Waals surface area contributed by atoms with Gasteiger partial charge in [-0.25, -0.2) is 5.43 Å². The minimum absolute atomic E-state index is 0.240. The van der Waals surface area contributed by atoms with E-state index in [0.717, 1.165) is 5.56 Å². The second-order valence-corrected chi connectivity index (χ2v) is 5.77. The number of nitrogens with one attached hydrogen (secondary N) is 1. The molecule has 0 radical (unpaired) electrons. The van der Waals surface area contributed by atoms with Gasteiger partial charge in [-0.1, -0.05) is 17.7 Å². The predicted octanol–water partition coefficient (Wildman–Crippen LogP) is 4.43. The van der Waals surface area contributed by atoms with Crippen LogP contribution in [0, 0.1) is 0 Å². The fraction of sp³-hybridized carbons (Fsp3) is 0. The van der Waals surface area contributed by atoms with Crippen molar-refractivity contribution in [2.24, 2.45) is 5.10 Å². The Hall–Kier alpha value is -2.37. The van der Waals surface area contributed by atoms with Gasteiger partial charge in [-0.05, 0) is 47.8 Å². The molecule has 0 bridgehead atoms. The minimum atomic E-state index is -0.240. The molecule has 0 aliphatic carbocycles. The Balaban J connectivity index is 1.65. The molecular formula is C16H11ClN2O2S. The molecule has 1 N–H and O–H groups in total. The third kappa shape index (κ3) is 3.44. The highest BCUT2D eigenvalue weighted by molar-refractivity contribution is 7.12. The number of carbonyl (C=O) groups excluding carboxylic acids is 1. The number of hydrazone groups is 1. The van der Waals surface area contributed by atoms with Gasteiger partial charge < -0.3 is 4.42 Å². The quantitative estimate of drug-likeness (QED) is 0.568. The molecule has 4 nitrogen and oxygen atoms in total. The van der Waals surface area contributed by atoms with Crippen LogP contribution in [0.5, 0.6) is 0 Å². The fourth-order valence-corrected chi connectivity index (χ4v) is 2.55. The number of hydrogen-bond donors (Lipinski definition) is 1. The summed E-state index contributed by atoms with van der Waals surface area (Å²) < 4.78 is 5.64. The second-order valence-electron chi connectivity index (χ2n) is 4.39. The topological polar surface area (TPSA) is 54.6 Å². The van der Waals surface area contributed by atoms with Gasteiger partial charge in [-0.3, -0.25) is 4.79 Å². The molecule has 0 atom stereocenters. The van der Waals surface area contributed by atoms with Crippen molar-refractivity contribution < 1.29 is 9.21 Å². The van der Waals surface area contributed by atoms with Crippen LogP contribution >= 0.6 is 22.9 Å². The van der Waals surface area contributed by atoms with Gasteiger partial charge in [0, 0.05) is 10.6 Å². The van der Waals surface area contributed by atoms with E-state index in [4.69, 9.17) is 16.0 Å². The Morgan fingerprint density at radius 3 is 2.73 bits per heavy atom. The molecule has 22 heavy (non-hydrogen) atoms. The molecular weight excluding hydrogens is 320 g/mol. The number of furan rings is 1. The van der Waals surface area contributed by atoms with E-state index in [9.17, 15) is 4.79 Å². The molecule has 1 amide bonds. The average Bonchev–Trinajstić information content (AvgIpc) is 3.19. The van der Waals surface area contributed by atoms with E-state index in [0.29, 0.717) is 21.4 Å². The van der Waals surface area contributed by atoms with Gasteiger partial charge in [-0.2, -0.15) is 5.10 Å². The van der Waals surface area contributed by atoms with Crippen molar-refractivity contribution in [3.8, 4) is 11.3 Å². The molecule has 0 aliphatic rings. The molecule has 0 spiro atoms. The van der Waals surface area contributed by atoms with Gasteiger partial charge in [0.2, 0.25) is 0 Å². The number of thiophene rings is 1.